The van der Waals surface area contributed by atoms with E-state index in [1.165, 1.54) is 22.3 Å². The van der Waals surface area contributed by atoms with Gasteiger partial charge in [-0.15, -0.1) is 0 Å². The van der Waals surface area contributed by atoms with Crippen molar-refractivity contribution in [2.24, 2.45) is 0 Å². The third-order valence-electron chi connectivity index (χ3n) is 5.79. The van der Waals surface area contributed by atoms with Gasteiger partial charge in [-0.2, -0.15) is 4.31 Å². The zero-order chi connectivity index (χ0) is 21.8. The van der Waals surface area contributed by atoms with Gasteiger partial charge in [0, 0.05) is 45.5 Å². The Morgan fingerprint density at radius 3 is 2.26 bits per heavy atom. The number of rotatable bonds is 6. The SMILES string of the molecule is CN1CCN(S(=O)(=O)c2ccc(S[C@@H](C(=O)N3CCCC3)c3ccccc3)nc2)CC1. The molecule has 9 heteroatoms. The minimum atomic E-state index is -3.55. The Kier molecular flexibility index (Phi) is 6.95. The molecule has 1 aromatic heterocycles. The summed E-state index contributed by atoms with van der Waals surface area (Å²) in [6.07, 6.45) is 3.49. The Morgan fingerprint density at radius 2 is 1.65 bits per heavy atom. The molecule has 2 saturated heterocycles. The van der Waals surface area contributed by atoms with Crippen molar-refractivity contribution in [2.75, 3.05) is 46.3 Å². The second kappa shape index (κ2) is 9.68. The molecular weight excluding hydrogens is 432 g/mol. The molecule has 0 unspecified atom stereocenters. The highest BCUT2D eigenvalue weighted by Gasteiger charge is 2.30. The highest BCUT2D eigenvalue weighted by atomic mass is 32.2. The molecule has 2 aliphatic rings. The fourth-order valence-corrected chi connectivity index (χ4v) is 6.29. The Labute approximate surface area is 188 Å². The summed E-state index contributed by atoms with van der Waals surface area (Å²) in [4.78, 5) is 21.8. The number of aromatic nitrogens is 1. The number of amides is 1. The van der Waals surface area contributed by atoms with Gasteiger partial charge in [-0.05, 0) is 37.6 Å². The normalized spacial score (nSPS) is 19.5. The standard InChI is InChI=1S/C22H28N4O3S2/c1-24-13-15-26(16-14-24)31(28,29)19-9-10-20(23-17-19)30-21(18-7-3-2-4-8-18)22(27)25-11-5-6-12-25/h2-4,7-10,17,21H,5-6,11-16H2,1H3/t21-/m1/s1. The monoisotopic (exact) mass is 460 g/mol. The van der Waals surface area contributed by atoms with Gasteiger partial charge in [-0.3, -0.25) is 4.79 Å². The van der Waals surface area contributed by atoms with Crippen LogP contribution in [-0.2, 0) is 14.8 Å². The molecule has 2 aliphatic heterocycles. The van der Waals surface area contributed by atoms with Gasteiger partial charge in [0.15, 0.2) is 0 Å². The van der Waals surface area contributed by atoms with Gasteiger partial charge in [0.25, 0.3) is 0 Å². The topological polar surface area (TPSA) is 73.8 Å². The zero-order valence-corrected chi connectivity index (χ0v) is 19.3. The number of thioether (sulfide) groups is 1. The summed E-state index contributed by atoms with van der Waals surface area (Å²) in [6, 6.07) is 13.0. The van der Waals surface area contributed by atoms with E-state index < -0.39 is 15.3 Å². The molecule has 31 heavy (non-hydrogen) atoms. The lowest BCUT2D eigenvalue weighted by Gasteiger charge is -2.31. The molecule has 4 rings (SSSR count). The summed E-state index contributed by atoms with van der Waals surface area (Å²) in [7, 11) is -1.56. The van der Waals surface area contributed by atoms with Crippen molar-refractivity contribution in [1.82, 2.24) is 19.1 Å². The van der Waals surface area contributed by atoms with E-state index in [4.69, 9.17) is 0 Å². The van der Waals surface area contributed by atoms with Crippen molar-refractivity contribution >= 4 is 27.7 Å². The lowest BCUT2D eigenvalue weighted by atomic mass is 10.1. The molecule has 2 fully saturated rings. The molecule has 0 saturated carbocycles. The maximum Gasteiger partial charge on any atom is 0.244 e. The van der Waals surface area contributed by atoms with Gasteiger partial charge in [0.1, 0.15) is 10.1 Å². The molecule has 2 aromatic rings. The molecule has 0 N–H and O–H groups in total. The first-order valence-electron chi connectivity index (χ1n) is 10.6. The van der Waals surface area contributed by atoms with Crippen LogP contribution in [0.3, 0.4) is 0 Å². The summed E-state index contributed by atoms with van der Waals surface area (Å²) in [6.45, 7) is 3.98. The predicted octanol–water partition coefficient (Wildman–Crippen LogP) is 2.47. The summed E-state index contributed by atoms with van der Waals surface area (Å²) in [5.74, 6) is 0.0876. The van der Waals surface area contributed by atoms with Crippen LogP contribution < -0.4 is 0 Å². The molecule has 1 amide bonds. The number of nitrogens with zero attached hydrogens (tertiary/aromatic N) is 4. The number of hydrogen-bond donors (Lipinski definition) is 0. The van der Waals surface area contributed by atoms with Crippen LogP contribution in [0.25, 0.3) is 0 Å². The predicted molar refractivity (Wildman–Crippen MR) is 121 cm³/mol. The van der Waals surface area contributed by atoms with E-state index >= 15 is 0 Å². The maximum absolute atomic E-state index is 13.2. The highest BCUT2D eigenvalue weighted by Crippen LogP contribution is 2.36. The molecule has 0 bridgehead atoms. The number of likely N-dealkylation sites (tertiary alicyclic amines) is 1. The lowest BCUT2D eigenvalue weighted by molar-refractivity contribution is -0.129. The van der Waals surface area contributed by atoms with E-state index in [0.717, 1.165) is 44.6 Å². The maximum atomic E-state index is 13.2. The summed E-state index contributed by atoms with van der Waals surface area (Å²) >= 11 is 1.37. The average Bonchev–Trinajstić information content (AvgIpc) is 3.33. The second-order valence-electron chi connectivity index (χ2n) is 7.98. The lowest BCUT2D eigenvalue weighted by Crippen LogP contribution is -2.47. The molecule has 166 valence electrons. The number of benzene rings is 1. The quantitative estimate of drug-likeness (QED) is 0.617. The Balaban J connectivity index is 1.52. The van der Waals surface area contributed by atoms with Gasteiger partial charge < -0.3 is 9.80 Å². The Hall–Kier alpha value is -1.94. The largest absolute Gasteiger partial charge is 0.341 e. The Morgan fingerprint density at radius 1 is 0.968 bits per heavy atom. The van der Waals surface area contributed by atoms with Crippen LogP contribution in [-0.4, -0.2) is 79.7 Å². The zero-order valence-electron chi connectivity index (χ0n) is 17.7. The number of likely N-dealkylation sites (N-methyl/N-ethyl adjacent to an activating group) is 1. The summed E-state index contributed by atoms with van der Waals surface area (Å²) < 4.78 is 27.4. The molecule has 1 aromatic carbocycles. The number of carbonyl (C=O) groups excluding carboxylic acids is 1. The first-order chi connectivity index (χ1) is 14.9. The van der Waals surface area contributed by atoms with E-state index in [1.54, 1.807) is 12.1 Å². The molecule has 1 atom stereocenters. The minimum Gasteiger partial charge on any atom is -0.341 e. The first-order valence-corrected chi connectivity index (χ1v) is 12.9. The van der Waals surface area contributed by atoms with Crippen LogP contribution in [0.4, 0.5) is 0 Å². The van der Waals surface area contributed by atoms with Crippen LogP contribution in [0.1, 0.15) is 23.7 Å². The van der Waals surface area contributed by atoms with Crippen molar-refractivity contribution in [1.29, 1.82) is 0 Å². The van der Waals surface area contributed by atoms with Gasteiger partial charge in [0.2, 0.25) is 15.9 Å². The van der Waals surface area contributed by atoms with Crippen LogP contribution in [0, 0.1) is 0 Å². The van der Waals surface area contributed by atoms with Crippen LogP contribution in [0.15, 0.2) is 58.6 Å². The number of hydrogen-bond acceptors (Lipinski definition) is 6. The first kappa shape index (κ1) is 22.3. The van der Waals surface area contributed by atoms with Crippen LogP contribution >= 0.6 is 11.8 Å². The number of piperazine rings is 1. The molecule has 7 nitrogen and oxygen atoms in total. The van der Waals surface area contributed by atoms with Crippen molar-refractivity contribution in [2.45, 2.75) is 28.0 Å². The average molecular weight is 461 g/mol. The van der Waals surface area contributed by atoms with Gasteiger partial charge in [-0.25, -0.2) is 13.4 Å². The van der Waals surface area contributed by atoms with Crippen molar-refractivity contribution in [3.63, 3.8) is 0 Å². The van der Waals surface area contributed by atoms with Crippen molar-refractivity contribution in [3.05, 3.63) is 54.2 Å². The van der Waals surface area contributed by atoms with Crippen LogP contribution in [0.5, 0.6) is 0 Å². The van der Waals surface area contributed by atoms with E-state index in [1.807, 2.05) is 42.3 Å². The molecule has 3 heterocycles. The third kappa shape index (κ3) is 5.11. The van der Waals surface area contributed by atoms with Gasteiger partial charge >= 0.3 is 0 Å². The van der Waals surface area contributed by atoms with Crippen molar-refractivity contribution in [3.8, 4) is 0 Å². The van der Waals surface area contributed by atoms with E-state index in [-0.39, 0.29) is 10.8 Å². The molecule has 0 radical (unpaired) electrons. The summed E-state index contributed by atoms with van der Waals surface area (Å²) in [5.41, 5.74) is 0.931. The summed E-state index contributed by atoms with van der Waals surface area (Å²) in [5, 5.41) is 0.241. The molecular formula is C22H28N4O3S2. The third-order valence-corrected chi connectivity index (χ3v) is 8.87. The number of carbonyl (C=O) groups is 1. The van der Waals surface area contributed by atoms with E-state index in [0.29, 0.717) is 18.1 Å². The van der Waals surface area contributed by atoms with Gasteiger partial charge in [0.05, 0.1) is 5.03 Å². The molecule has 0 spiro atoms. The smallest absolute Gasteiger partial charge is 0.244 e. The minimum absolute atomic E-state index is 0.0876. The second-order valence-corrected chi connectivity index (χ2v) is 11.0. The Bertz CT molecular complexity index is 985. The van der Waals surface area contributed by atoms with Crippen LogP contribution in [0.2, 0.25) is 0 Å². The fourth-order valence-electron chi connectivity index (χ4n) is 3.88. The van der Waals surface area contributed by atoms with E-state index in [9.17, 15) is 13.2 Å². The highest BCUT2D eigenvalue weighted by molar-refractivity contribution is 8.00. The number of sulfonamides is 1. The fraction of sp³-hybridized carbons (Fsp3) is 0.455. The molecule has 0 aliphatic carbocycles. The van der Waals surface area contributed by atoms with E-state index in [2.05, 4.69) is 9.88 Å². The number of pyridine rings is 1. The van der Waals surface area contributed by atoms with Gasteiger partial charge in [-0.1, -0.05) is 42.1 Å². The van der Waals surface area contributed by atoms with Crippen molar-refractivity contribution < 1.29 is 13.2 Å².